The van der Waals surface area contributed by atoms with Crippen molar-refractivity contribution in [3.05, 3.63) is 224 Å². The van der Waals surface area contributed by atoms with Crippen LogP contribution < -0.4 is 0 Å². The second kappa shape index (κ2) is 14.7. The van der Waals surface area contributed by atoms with Crippen LogP contribution in [-0.4, -0.2) is 24.1 Å². The van der Waals surface area contributed by atoms with Crippen LogP contribution in [0, 0.1) is 0 Å². The van der Waals surface area contributed by atoms with Crippen molar-refractivity contribution in [2.45, 2.75) is 0 Å². The van der Waals surface area contributed by atoms with Gasteiger partial charge in [0.15, 0.2) is 5.82 Å². The molecule has 5 nitrogen and oxygen atoms in total. The molecule has 62 heavy (non-hydrogen) atoms. The maximum absolute atomic E-state index is 10.1. The van der Waals surface area contributed by atoms with Gasteiger partial charge in [-0.15, -0.1) is 0 Å². The molecule has 9 aromatic carbocycles. The van der Waals surface area contributed by atoms with Crippen molar-refractivity contribution < 1.29 is 32.9 Å². The lowest BCUT2D eigenvalue weighted by Crippen LogP contribution is -2.10. The Balaban J connectivity index is 1.33. The van der Waals surface area contributed by atoms with Crippen LogP contribution in [0.1, 0.15) is 32.9 Å². The van der Waals surface area contributed by atoms with Gasteiger partial charge in [-0.3, -0.25) is 9.13 Å². The van der Waals surface area contributed by atoms with E-state index in [2.05, 4.69) is 0 Å². The highest BCUT2D eigenvalue weighted by atomic mass is 15.3. The molecule has 0 aliphatic rings. The molecular formula is C57H37N5. The van der Waals surface area contributed by atoms with Gasteiger partial charge in [-0.2, -0.15) is 15.0 Å². The van der Waals surface area contributed by atoms with Crippen LogP contribution in [-0.2, 0) is 0 Å². The van der Waals surface area contributed by atoms with Crippen molar-refractivity contribution in [1.82, 2.24) is 24.1 Å². The Morgan fingerprint density at radius 3 is 1.31 bits per heavy atom. The number of nitrogens with zero attached hydrogens (tertiary/aromatic N) is 5. The summed E-state index contributed by atoms with van der Waals surface area (Å²) < 4.78 is 220. The molecule has 0 spiro atoms. The minimum atomic E-state index is -0.912. The van der Waals surface area contributed by atoms with Gasteiger partial charge >= 0.3 is 0 Å². The molecule has 0 atom stereocenters. The van der Waals surface area contributed by atoms with E-state index < -0.39 is 212 Å². The minimum Gasteiger partial charge on any atom is -0.278 e. The topological polar surface area (TPSA) is 48.5 Å². The second-order valence-corrected chi connectivity index (χ2v) is 13.8. The molecule has 0 bridgehead atoms. The normalized spacial score (nSPS) is 17.0. The summed E-state index contributed by atoms with van der Waals surface area (Å²) in [4.78, 5) is 14.8. The Morgan fingerprint density at radius 2 is 0.742 bits per heavy atom. The molecule has 0 saturated carbocycles. The number of benzene rings is 9. The predicted molar refractivity (Wildman–Crippen MR) is 256 cm³/mol. The lowest BCUT2D eigenvalue weighted by atomic mass is 9.96. The molecule has 12 aromatic rings. The van der Waals surface area contributed by atoms with Gasteiger partial charge in [-0.05, 0) is 68.7 Å². The first kappa shape index (κ1) is 18.9. The summed E-state index contributed by atoms with van der Waals surface area (Å²) in [6.07, 6.45) is 0. The van der Waals surface area contributed by atoms with Gasteiger partial charge in [-0.25, -0.2) is 0 Å². The van der Waals surface area contributed by atoms with Crippen LogP contribution in [0.2, 0.25) is 0 Å². The van der Waals surface area contributed by atoms with E-state index in [9.17, 15) is 13.7 Å². The molecule has 12 rings (SSSR count). The zero-order valence-electron chi connectivity index (χ0n) is 55.7. The summed E-state index contributed by atoms with van der Waals surface area (Å²) in [6.45, 7) is 0. The fourth-order valence-electron chi connectivity index (χ4n) is 7.50. The standard InChI is InChI=1S/C57H37N5/c1-4-16-38(17-5-1)41-28-30-42(31-29-41)45-22-10-11-25-50(45)55-58-56(61-51-26-14-12-23-46(51)47-24-13-15-27-52(47)61)60-57(59-55)62-53-36-43(39-18-6-2-7-19-39)32-34-48(53)49-35-33-44(37-54(49)62)40-20-8-3-9-21-40/h1-37H/i2D,3D,6D,7D,8D,9D,12D,13D,14D,15D,18D,19D,20D,21D,23D,24D,26D,27D,32D,33D,34D,35D,36D,37D. The molecule has 0 N–H and O–H groups in total. The summed E-state index contributed by atoms with van der Waals surface area (Å²) in [5, 5.41) is -1.83. The SMILES string of the molecule is [2H]c1c([2H])c([2H])c(-c2c([2H])c([2H])c3c4c([2H])c([2H])c(-c5c([2H])c([2H])c([2H])c([2H])c5[2H])c([2H])c4n(-c4nc(-c5ccccc5-c5ccc(-c6ccccc6)cc5)nc(-n5c6c([2H])c([2H])c([2H])c([2H])c6c6c([2H])c([2H])c([2H])c([2H])c65)n4)c3c2[2H])c([2H])c1[2H]. The number of hydrogen-bond acceptors (Lipinski definition) is 3. The first-order valence-corrected chi connectivity index (χ1v) is 19.0. The second-order valence-electron chi connectivity index (χ2n) is 13.8. The van der Waals surface area contributed by atoms with Gasteiger partial charge in [0.05, 0.1) is 55.0 Å². The maximum Gasteiger partial charge on any atom is 0.240 e. The molecular weight excluding hydrogens is 755 g/mol. The molecule has 0 aliphatic heterocycles. The smallest absolute Gasteiger partial charge is 0.240 e. The van der Waals surface area contributed by atoms with Gasteiger partial charge in [0.25, 0.3) is 0 Å². The van der Waals surface area contributed by atoms with E-state index in [4.69, 9.17) is 34.1 Å². The Morgan fingerprint density at radius 1 is 0.306 bits per heavy atom. The zero-order chi connectivity index (χ0) is 61.9. The third-order valence-electron chi connectivity index (χ3n) is 10.3. The Hall–Kier alpha value is -8.41. The Kier molecular flexibility index (Phi) is 4.48. The molecule has 0 fully saturated rings. The van der Waals surface area contributed by atoms with E-state index >= 15 is 0 Å². The molecule has 3 heterocycles. The number of rotatable bonds is 7. The monoisotopic (exact) mass is 815 g/mol. The van der Waals surface area contributed by atoms with E-state index in [1.807, 2.05) is 54.6 Å². The third-order valence-corrected chi connectivity index (χ3v) is 10.3. The molecule has 3 aromatic heterocycles. The fourth-order valence-corrected chi connectivity index (χ4v) is 7.50. The molecule has 0 unspecified atom stereocenters. The molecule has 5 heteroatoms. The van der Waals surface area contributed by atoms with E-state index in [1.54, 1.807) is 24.3 Å². The highest BCUT2D eigenvalue weighted by Crippen LogP contribution is 2.39. The molecule has 0 radical (unpaired) electrons. The van der Waals surface area contributed by atoms with E-state index in [0.29, 0.717) is 11.1 Å². The molecule has 0 aliphatic carbocycles. The number of fused-ring (bicyclic) bond motifs is 6. The molecule has 0 saturated heterocycles. The van der Waals surface area contributed by atoms with Gasteiger partial charge in [0.2, 0.25) is 11.9 Å². The van der Waals surface area contributed by atoms with Crippen LogP contribution in [0.25, 0.3) is 111 Å². The van der Waals surface area contributed by atoms with Crippen LogP contribution in [0.5, 0.6) is 0 Å². The van der Waals surface area contributed by atoms with Gasteiger partial charge in [-0.1, -0.05) is 200 Å². The van der Waals surface area contributed by atoms with Crippen molar-refractivity contribution in [3.63, 3.8) is 0 Å². The van der Waals surface area contributed by atoms with Crippen molar-refractivity contribution in [1.29, 1.82) is 0 Å². The van der Waals surface area contributed by atoms with Crippen molar-refractivity contribution in [2.75, 3.05) is 0 Å². The highest BCUT2D eigenvalue weighted by Gasteiger charge is 2.22. The van der Waals surface area contributed by atoms with Gasteiger partial charge in [0.1, 0.15) is 0 Å². The lowest BCUT2D eigenvalue weighted by molar-refractivity contribution is 0.893. The van der Waals surface area contributed by atoms with Crippen molar-refractivity contribution in [3.8, 4) is 67.8 Å². The fraction of sp³-hybridized carbons (Fsp3) is 0. The first-order chi connectivity index (χ1) is 40.7. The highest BCUT2D eigenvalue weighted by molar-refractivity contribution is 6.11. The Bertz CT molecular complexity index is 4760. The summed E-state index contributed by atoms with van der Waals surface area (Å²) in [7, 11) is 0. The lowest BCUT2D eigenvalue weighted by Gasteiger charge is -2.15. The van der Waals surface area contributed by atoms with Gasteiger partial charge in [0, 0.05) is 27.1 Å². The zero-order valence-corrected chi connectivity index (χ0v) is 31.7. The largest absolute Gasteiger partial charge is 0.278 e. The summed E-state index contributed by atoms with van der Waals surface area (Å²) in [5.74, 6) is -1.68. The van der Waals surface area contributed by atoms with Crippen molar-refractivity contribution >= 4 is 43.6 Å². The molecule has 290 valence electrons. The van der Waals surface area contributed by atoms with Crippen LogP contribution in [0.4, 0.5) is 0 Å². The average Bonchev–Trinajstić information content (AvgIpc) is 1.77. The summed E-state index contributed by atoms with van der Waals surface area (Å²) in [5.41, 5.74) is -2.05. The number of hydrogen-bond donors (Lipinski definition) is 0. The van der Waals surface area contributed by atoms with Crippen LogP contribution in [0.15, 0.2) is 224 Å². The quantitative estimate of drug-likeness (QED) is 0.161. The number of aromatic nitrogens is 5. The van der Waals surface area contributed by atoms with E-state index in [-0.39, 0.29) is 22.2 Å². The number of para-hydroxylation sites is 2. The van der Waals surface area contributed by atoms with Crippen molar-refractivity contribution in [2.24, 2.45) is 0 Å². The predicted octanol–water partition coefficient (Wildman–Crippen LogP) is 14.4. The van der Waals surface area contributed by atoms with E-state index in [1.165, 1.54) is 0 Å². The first-order valence-electron chi connectivity index (χ1n) is 31.0. The van der Waals surface area contributed by atoms with E-state index in [0.717, 1.165) is 20.3 Å². The summed E-state index contributed by atoms with van der Waals surface area (Å²) >= 11 is 0. The average molecular weight is 816 g/mol. The van der Waals surface area contributed by atoms with Crippen LogP contribution >= 0.6 is 0 Å². The Labute approximate surface area is 392 Å². The van der Waals surface area contributed by atoms with Crippen LogP contribution in [0.3, 0.4) is 0 Å². The maximum atomic E-state index is 10.1. The minimum absolute atomic E-state index is 0.191. The summed E-state index contributed by atoms with van der Waals surface area (Å²) in [6, 6.07) is 3.34. The third kappa shape index (κ3) is 5.98. The molecule has 0 amide bonds. The van der Waals surface area contributed by atoms with Gasteiger partial charge < -0.3 is 0 Å².